The van der Waals surface area contributed by atoms with Crippen molar-refractivity contribution in [2.75, 3.05) is 16.9 Å². The number of carbonyl (C=O) groups excluding carboxylic acids is 1. The van der Waals surface area contributed by atoms with Crippen LogP contribution in [0.25, 0.3) is 0 Å². The molecule has 0 unspecified atom stereocenters. The van der Waals surface area contributed by atoms with Crippen molar-refractivity contribution in [3.63, 3.8) is 0 Å². The molecule has 0 fully saturated rings. The maximum atomic E-state index is 12.6. The Kier molecular flexibility index (Phi) is 4.84. The summed E-state index contributed by atoms with van der Waals surface area (Å²) in [7, 11) is 0. The first kappa shape index (κ1) is 14.6. The van der Waals surface area contributed by atoms with E-state index < -0.39 is 11.7 Å². The van der Waals surface area contributed by atoms with Gasteiger partial charge in [-0.25, -0.2) is 0 Å². The van der Waals surface area contributed by atoms with Crippen LogP contribution in [0.15, 0.2) is 18.2 Å². The first-order valence-corrected chi connectivity index (χ1v) is 5.70. The third-order valence-corrected chi connectivity index (χ3v) is 2.45. The average molecular weight is 281 g/mol. The minimum atomic E-state index is -4.54. The van der Waals surface area contributed by atoms with E-state index >= 15 is 0 Å². The number of benzene rings is 1. The Hall–Kier alpha value is -1.43. The molecule has 7 heteroatoms. The average Bonchev–Trinajstić information content (AvgIpc) is 2.27. The Labute approximate surface area is 107 Å². The highest BCUT2D eigenvalue weighted by atomic mass is 35.5. The largest absolute Gasteiger partial charge is 0.418 e. The maximum absolute atomic E-state index is 12.6. The molecule has 1 rings (SSSR count). The van der Waals surface area contributed by atoms with Crippen molar-refractivity contribution in [1.29, 1.82) is 0 Å². The van der Waals surface area contributed by atoms with Gasteiger partial charge in [0.1, 0.15) is 0 Å². The molecule has 0 bridgehead atoms. The number of nitrogens with two attached hydrogens (primary N) is 1. The molecule has 0 saturated carbocycles. The number of hydrogen-bond acceptors (Lipinski definition) is 2. The summed E-state index contributed by atoms with van der Waals surface area (Å²) in [5.41, 5.74) is 3.97. The van der Waals surface area contributed by atoms with Gasteiger partial charge in [0.2, 0.25) is 5.91 Å². The molecule has 1 aromatic rings. The Morgan fingerprint density at radius 3 is 2.61 bits per heavy atom. The van der Waals surface area contributed by atoms with Gasteiger partial charge in [-0.15, -0.1) is 11.6 Å². The molecule has 0 radical (unpaired) electrons. The van der Waals surface area contributed by atoms with Crippen molar-refractivity contribution >= 4 is 28.9 Å². The van der Waals surface area contributed by atoms with E-state index in [1.807, 2.05) is 0 Å². The predicted octanol–water partition coefficient (Wildman–Crippen LogP) is 3.25. The highest BCUT2D eigenvalue weighted by Crippen LogP contribution is 2.35. The summed E-state index contributed by atoms with van der Waals surface area (Å²) in [5.74, 6) is -0.0586. The van der Waals surface area contributed by atoms with E-state index in [0.717, 1.165) is 12.1 Å². The van der Waals surface area contributed by atoms with Crippen LogP contribution in [0.3, 0.4) is 0 Å². The van der Waals surface area contributed by atoms with Gasteiger partial charge in [0, 0.05) is 23.7 Å². The smallest absolute Gasteiger partial charge is 0.398 e. The van der Waals surface area contributed by atoms with Gasteiger partial charge in [-0.1, -0.05) is 0 Å². The molecule has 3 N–H and O–H groups in total. The van der Waals surface area contributed by atoms with E-state index in [4.69, 9.17) is 17.3 Å². The highest BCUT2D eigenvalue weighted by molar-refractivity contribution is 6.18. The van der Waals surface area contributed by atoms with Crippen LogP contribution in [-0.2, 0) is 11.0 Å². The van der Waals surface area contributed by atoms with Gasteiger partial charge in [-0.2, -0.15) is 13.2 Å². The molecule has 0 aliphatic carbocycles. The first-order chi connectivity index (χ1) is 8.34. The predicted molar refractivity (Wildman–Crippen MR) is 64.4 cm³/mol. The fourth-order valence-corrected chi connectivity index (χ4v) is 1.46. The first-order valence-electron chi connectivity index (χ1n) is 5.17. The van der Waals surface area contributed by atoms with E-state index in [1.54, 1.807) is 0 Å². The lowest BCUT2D eigenvalue weighted by Crippen LogP contribution is -2.14. The summed E-state index contributed by atoms with van der Waals surface area (Å²) in [6.45, 7) is 0. The summed E-state index contributed by atoms with van der Waals surface area (Å²) in [5, 5.41) is 2.36. The van der Waals surface area contributed by atoms with Crippen molar-refractivity contribution in [2.45, 2.75) is 19.0 Å². The third kappa shape index (κ3) is 4.10. The molecule has 100 valence electrons. The Morgan fingerprint density at radius 1 is 1.39 bits per heavy atom. The van der Waals surface area contributed by atoms with Crippen LogP contribution in [0.4, 0.5) is 24.5 Å². The van der Waals surface area contributed by atoms with Crippen molar-refractivity contribution in [3.05, 3.63) is 23.8 Å². The Bertz CT molecular complexity index is 435. The number of hydrogen-bond donors (Lipinski definition) is 2. The van der Waals surface area contributed by atoms with Crippen LogP contribution >= 0.6 is 11.6 Å². The second-order valence-electron chi connectivity index (χ2n) is 3.64. The molecule has 0 aromatic heterocycles. The molecule has 0 atom stereocenters. The van der Waals surface area contributed by atoms with Gasteiger partial charge in [0.25, 0.3) is 0 Å². The third-order valence-electron chi connectivity index (χ3n) is 2.18. The van der Waals surface area contributed by atoms with Gasteiger partial charge >= 0.3 is 6.18 Å². The fourth-order valence-electron chi connectivity index (χ4n) is 1.33. The van der Waals surface area contributed by atoms with E-state index in [0.29, 0.717) is 12.3 Å². The van der Waals surface area contributed by atoms with Gasteiger partial charge in [-0.05, 0) is 24.6 Å². The molecule has 0 spiro atoms. The monoisotopic (exact) mass is 280 g/mol. The number of nitrogens with one attached hydrogen (secondary N) is 1. The van der Waals surface area contributed by atoms with Gasteiger partial charge < -0.3 is 11.1 Å². The van der Waals surface area contributed by atoms with Crippen LogP contribution in [0.5, 0.6) is 0 Å². The number of halogens is 4. The molecular weight excluding hydrogens is 269 g/mol. The summed E-state index contributed by atoms with van der Waals surface area (Å²) >= 11 is 5.41. The summed E-state index contributed by atoms with van der Waals surface area (Å²) < 4.78 is 37.7. The van der Waals surface area contributed by atoms with Crippen LogP contribution in [-0.4, -0.2) is 11.8 Å². The van der Waals surface area contributed by atoms with Crippen LogP contribution in [0.1, 0.15) is 18.4 Å². The van der Waals surface area contributed by atoms with Crippen molar-refractivity contribution in [3.8, 4) is 0 Å². The topological polar surface area (TPSA) is 55.1 Å². The molecular formula is C11H12ClF3N2O. The Morgan fingerprint density at radius 2 is 2.06 bits per heavy atom. The summed E-state index contributed by atoms with van der Waals surface area (Å²) in [6.07, 6.45) is -3.91. The van der Waals surface area contributed by atoms with E-state index in [9.17, 15) is 18.0 Å². The summed E-state index contributed by atoms with van der Waals surface area (Å²) in [4.78, 5) is 11.3. The van der Waals surface area contributed by atoms with Crippen LogP contribution < -0.4 is 11.1 Å². The van der Waals surface area contributed by atoms with E-state index in [-0.39, 0.29) is 23.7 Å². The zero-order valence-electron chi connectivity index (χ0n) is 9.35. The second-order valence-corrected chi connectivity index (χ2v) is 4.02. The Balaban J connectivity index is 2.83. The SMILES string of the molecule is Nc1ccc(NC(=O)CCCCl)cc1C(F)(F)F. The van der Waals surface area contributed by atoms with Crippen molar-refractivity contribution < 1.29 is 18.0 Å². The summed E-state index contributed by atoms with van der Waals surface area (Å²) in [6, 6.07) is 3.25. The minimum absolute atomic E-state index is 0.0658. The highest BCUT2D eigenvalue weighted by Gasteiger charge is 2.33. The van der Waals surface area contributed by atoms with Crippen LogP contribution in [0, 0.1) is 0 Å². The molecule has 1 amide bonds. The van der Waals surface area contributed by atoms with Gasteiger partial charge in [-0.3, -0.25) is 4.79 Å². The lowest BCUT2D eigenvalue weighted by Gasteiger charge is -2.12. The zero-order valence-corrected chi connectivity index (χ0v) is 10.1. The van der Waals surface area contributed by atoms with Crippen molar-refractivity contribution in [1.82, 2.24) is 0 Å². The number of carbonyl (C=O) groups is 1. The van der Waals surface area contributed by atoms with Gasteiger partial charge in [0.15, 0.2) is 0 Å². The standard InChI is InChI=1S/C11H12ClF3N2O/c12-5-1-2-10(18)17-7-3-4-9(16)8(6-7)11(13,14)15/h3-4,6H,1-2,5,16H2,(H,17,18). The number of amides is 1. The van der Waals surface area contributed by atoms with E-state index in [2.05, 4.69) is 5.32 Å². The molecule has 0 aliphatic heterocycles. The lowest BCUT2D eigenvalue weighted by molar-refractivity contribution is -0.136. The molecule has 3 nitrogen and oxygen atoms in total. The van der Waals surface area contributed by atoms with Crippen LogP contribution in [0.2, 0.25) is 0 Å². The fraction of sp³-hybridized carbons (Fsp3) is 0.364. The number of nitrogen functional groups attached to an aromatic ring is 1. The number of alkyl halides is 4. The quantitative estimate of drug-likeness (QED) is 0.657. The molecule has 0 aliphatic rings. The normalized spacial score (nSPS) is 11.3. The molecule has 18 heavy (non-hydrogen) atoms. The minimum Gasteiger partial charge on any atom is -0.398 e. The lowest BCUT2D eigenvalue weighted by atomic mass is 10.1. The molecule has 0 heterocycles. The van der Waals surface area contributed by atoms with E-state index in [1.165, 1.54) is 6.07 Å². The van der Waals surface area contributed by atoms with Gasteiger partial charge in [0.05, 0.1) is 5.56 Å². The second kappa shape index (κ2) is 5.95. The molecule has 0 saturated heterocycles. The maximum Gasteiger partial charge on any atom is 0.418 e. The number of anilines is 2. The number of rotatable bonds is 4. The zero-order chi connectivity index (χ0) is 13.8. The molecule has 1 aromatic carbocycles. The van der Waals surface area contributed by atoms with Crippen molar-refractivity contribution in [2.24, 2.45) is 0 Å².